The number of likely N-dealkylation sites (tertiary alicyclic amines) is 1. The molecule has 2 N–H and O–H groups in total. The Labute approximate surface area is 114 Å². The van der Waals surface area contributed by atoms with Gasteiger partial charge in [-0.05, 0) is 31.4 Å². The topological polar surface area (TPSA) is 59.2 Å². The summed E-state index contributed by atoms with van der Waals surface area (Å²) in [5, 5.41) is 0. The van der Waals surface area contributed by atoms with Crippen molar-refractivity contribution in [1.29, 1.82) is 0 Å². The van der Waals surface area contributed by atoms with Crippen LogP contribution < -0.4 is 5.73 Å². The smallest absolute Gasteiger partial charge is 0.223 e. The molecule has 2 rings (SSSR count). The van der Waals surface area contributed by atoms with Gasteiger partial charge in [0.1, 0.15) is 0 Å². The number of halogens is 1. The molecule has 1 aliphatic rings. The van der Waals surface area contributed by atoms with Crippen LogP contribution in [0.1, 0.15) is 25.0 Å². The summed E-state index contributed by atoms with van der Waals surface area (Å²) in [4.78, 5) is 18.1. The Morgan fingerprint density at radius 3 is 3.00 bits per heavy atom. The van der Waals surface area contributed by atoms with Crippen LogP contribution in [0.2, 0.25) is 0 Å². The molecule has 100 valence electrons. The van der Waals surface area contributed by atoms with E-state index in [0.717, 1.165) is 25.1 Å². The van der Waals surface area contributed by atoms with Crippen LogP contribution in [-0.2, 0) is 11.2 Å². The summed E-state index contributed by atoms with van der Waals surface area (Å²) >= 11 is 0. The number of pyridine rings is 1. The Bertz CT molecular complexity index is 372. The van der Waals surface area contributed by atoms with Gasteiger partial charge >= 0.3 is 0 Å². The van der Waals surface area contributed by atoms with Crippen LogP contribution >= 0.6 is 12.4 Å². The Morgan fingerprint density at radius 2 is 2.33 bits per heavy atom. The second-order valence-corrected chi connectivity index (χ2v) is 4.56. The lowest BCUT2D eigenvalue weighted by atomic mass is 10.1. The van der Waals surface area contributed by atoms with Gasteiger partial charge in [-0.2, -0.15) is 0 Å². The van der Waals surface area contributed by atoms with Gasteiger partial charge in [-0.3, -0.25) is 9.78 Å². The maximum Gasteiger partial charge on any atom is 0.223 e. The minimum atomic E-state index is 0. The molecule has 0 bridgehead atoms. The van der Waals surface area contributed by atoms with Crippen molar-refractivity contribution in [1.82, 2.24) is 9.88 Å². The van der Waals surface area contributed by atoms with Crippen LogP contribution in [0.4, 0.5) is 0 Å². The largest absolute Gasteiger partial charge is 0.341 e. The first-order valence-electron chi connectivity index (χ1n) is 6.19. The number of piperidine rings is 1. The summed E-state index contributed by atoms with van der Waals surface area (Å²) in [7, 11) is 0. The molecule has 1 atom stereocenters. The van der Waals surface area contributed by atoms with Gasteiger partial charge < -0.3 is 10.6 Å². The number of carbonyl (C=O) groups excluding carboxylic acids is 1. The first-order valence-corrected chi connectivity index (χ1v) is 6.19. The van der Waals surface area contributed by atoms with Crippen LogP contribution in [-0.4, -0.2) is 34.9 Å². The average Bonchev–Trinajstić information content (AvgIpc) is 2.37. The molecule has 0 aliphatic carbocycles. The van der Waals surface area contributed by atoms with Gasteiger partial charge in [0.05, 0.1) is 0 Å². The number of nitrogens with two attached hydrogens (primary N) is 1. The molecule has 0 radical (unpaired) electrons. The predicted molar refractivity (Wildman–Crippen MR) is 73.6 cm³/mol. The molecule has 1 aromatic rings. The van der Waals surface area contributed by atoms with Gasteiger partial charge in [0, 0.05) is 37.4 Å². The van der Waals surface area contributed by atoms with E-state index >= 15 is 0 Å². The Hall–Kier alpha value is -1.13. The highest BCUT2D eigenvalue weighted by Crippen LogP contribution is 2.10. The van der Waals surface area contributed by atoms with Gasteiger partial charge in [0.15, 0.2) is 0 Å². The fourth-order valence-corrected chi connectivity index (χ4v) is 2.18. The maximum atomic E-state index is 12.0. The molecule has 1 saturated heterocycles. The van der Waals surface area contributed by atoms with Crippen molar-refractivity contribution < 1.29 is 4.79 Å². The van der Waals surface area contributed by atoms with Crippen LogP contribution in [0.25, 0.3) is 0 Å². The minimum absolute atomic E-state index is 0. The second-order valence-electron chi connectivity index (χ2n) is 4.56. The molecule has 1 amide bonds. The number of hydrogen-bond acceptors (Lipinski definition) is 3. The first kappa shape index (κ1) is 14.9. The van der Waals surface area contributed by atoms with E-state index in [0.29, 0.717) is 19.4 Å². The van der Waals surface area contributed by atoms with Crippen molar-refractivity contribution in [2.45, 2.75) is 31.7 Å². The van der Waals surface area contributed by atoms with Crippen molar-refractivity contribution in [3.63, 3.8) is 0 Å². The summed E-state index contributed by atoms with van der Waals surface area (Å²) in [6.45, 7) is 1.57. The number of hydrogen-bond donors (Lipinski definition) is 1. The zero-order chi connectivity index (χ0) is 12.1. The fourth-order valence-electron chi connectivity index (χ4n) is 2.18. The van der Waals surface area contributed by atoms with E-state index in [9.17, 15) is 4.79 Å². The molecule has 4 nitrogen and oxygen atoms in total. The normalized spacial score (nSPS) is 19.2. The minimum Gasteiger partial charge on any atom is -0.341 e. The van der Waals surface area contributed by atoms with E-state index in [1.807, 2.05) is 23.1 Å². The Morgan fingerprint density at radius 1 is 1.50 bits per heavy atom. The lowest BCUT2D eigenvalue weighted by molar-refractivity contribution is -0.132. The molecule has 1 aromatic heterocycles. The molecular weight excluding hydrogens is 250 g/mol. The molecule has 0 saturated carbocycles. The zero-order valence-corrected chi connectivity index (χ0v) is 11.2. The molecule has 1 unspecified atom stereocenters. The van der Waals surface area contributed by atoms with Crippen LogP contribution in [0.3, 0.4) is 0 Å². The van der Waals surface area contributed by atoms with Crippen LogP contribution in [0.15, 0.2) is 24.4 Å². The van der Waals surface area contributed by atoms with E-state index in [4.69, 9.17) is 5.73 Å². The third-order valence-corrected chi connectivity index (χ3v) is 3.13. The number of nitrogens with zero attached hydrogens (tertiary/aromatic N) is 2. The number of aromatic nitrogens is 1. The van der Waals surface area contributed by atoms with Crippen molar-refractivity contribution in [3.05, 3.63) is 30.1 Å². The number of amides is 1. The summed E-state index contributed by atoms with van der Waals surface area (Å²) in [5.74, 6) is 0.200. The predicted octanol–water partition coefficient (Wildman–Crippen LogP) is 1.39. The third-order valence-electron chi connectivity index (χ3n) is 3.13. The van der Waals surface area contributed by atoms with Gasteiger partial charge in [0.2, 0.25) is 5.91 Å². The van der Waals surface area contributed by atoms with Gasteiger partial charge in [-0.1, -0.05) is 6.07 Å². The van der Waals surface area contributed by atoms with Crippen molar-refractivity contribution in [2.75, 3.05) is 13.1 Å². The molecule has 1 aliphatic heterocycles. The van der Waals surface area contributed by atoms with Crippen molar-refractivity contribution >= 4 is 18.3 Å². The molecule has 5 heteroatoms. The van der Waals surface area contributed by atoms with Gasteiger partial charge in [0.25, 0.3) is 0 Å². The van der Waals surface area contributed by atoms with Gasteiger partial charge in [-0.15, -0.1) is 12.4 Å². The van der Waals surface area contributed by atoms with E-state index < -0.39 is 0 Å². The average molecular weight is 270 g/mol. The standard InChI is InChI=1S/C13H19N3O.ClH/c14-11-4-3-9-16(10-11)13(17)7-6-12-5-1-2-8-15-12;/h1-2,5,8,11H,3-4,6-7,9-10,14H2;1H. The lowest BCUT2D eigenvalue weighted by Gasteiger charge is -2.30. The quantitative estimate of drug-likeness (QED) is 0.902. The Balaban J connectivity index is 0.00000162. The SMILES string of the molecule is Cl.NC1CCCN(C(=O)CCc2ccccn2)C1. The maximum absolute atomic E-state index is 12.0. The highest BCUT2D eigenvalue weighted by molar-refractivity contribution is 5.85. The molecule has 1 fully saturated rings. The summed E-state index contributed by atoms with van der Waals surface area (Å²) < 4.78 is 0. The molecule has 0 spiro atoms. The van der Waals surface area contributed by atoms with Crippen LogP contribution in [0, 0.1) is 0 Å². The summed E-state index contributed by atoms with van der Waals surface area (Å²) in [6, 6.07) is 5.94. The zero-order valence-electron chi connectivity index (χ0n) is 10.4. The number of carbonyl (C=O) groups is 1. The number of rotatable bonds is 3. The van der Waals surface area contributed by atoms with E-state index in [1.165, 1.54) is 0 Å². The van der Waals surface area contributed by atoms with Crippen molar-refractivity contribution in [3.8, 4) is 0 Å². The van der Waals surface area contributed by atoms with E-state index in [-0.39, 0.29) is 24.4 Å². The van der Waals surface area contributed by atoms with Crippen LogP contribution in [0.5, 0.6) is 0 Å². The molecule has 2 heterocycles. The number of aryl methyl sites for hydroxylation is 1. The highest BCUT2D eigenvalue weighted by atomic mass is 35.5. The lowest BCUT2D eigenvalue weighted by Crippen LogP contribution is -2.45. The molecular formula is C13H20ClN3O. The van der Waals surface area contributed by atoms with Gasteiger partial charge in [-0.25, -0.2) is 0 Å². The Kier molecular flexibility index (Phi) is 6.09. The summed E-state index contributed by atoms with van der Waals surface area (Å²) in [6.07, 6.45) is 5.06. The first-order chi connectivity index (χ1) is 8.25. The fraction of sp³-hybridized carbons (Fsp3) is 0.538. The van der Waals surface area contributed by atoms with E-state index in [2.05, 4.69) is 4.98 Å². The molecule has 0 aromatic carbocycles. The summed E-state index contributed by atoms with van der Waals surface area (Å²) in [5.41, 5.74) is 6.84. The van der Waals surface area contributed by atoms with E-state index in [1.54, 1.807) is 6.20 Å². The highest BCUT2D eigenvalue weighted by Gasteiger charge is 2.20. The second kappa shape index (κ2) is 7.34. The monoisotopic (exact) mass is 269 g/mol. The third kappa shape index (κ3) is 4.27. The molecule has 18 heavy (non-hydrogen) atoms. The van der Waals surface area contributed by atoms with Crippen molar-refractivity contribution in [2.24, 2.45) is 5.73 Å².